The molecule has 2 aromatic rings. The maximum atomic E-state index is 13.4. The Morgan fingerprint density at radius 3 is 2.48 bits per heavy atom. The molecule has 0 saturated heterocycles. The number of rotatable bonds is 6. The molecular formula is C24H32N2O4S. The molecule has 1 aliphatic rings. The van der Waals surface area contributed by atoms with Crippen molar-refractivity contribution in [3.63, 3.8) is 0 Å². The number of aliphatic hydroxyl groups excluding tert-OH is 1. The van der Waals surface area contributed by atoms with Crippen molar-refractivity contribution in [2.75, 3.05) is 33.8 Å². The van der Waals surface area contributed by atoms with Gasteiger partial charge in [-0.15, -0.1) is 0 Å². The second-order valence-corrected chi connectivity index (χ2v) is 10.3. The summed E-state index contributed by atoms with van der Waals surface area (Å²) in [6, 6.07) is 14.6. The Bertz CT molecular complexity index is 1010. The second kappa shape index (κ2) is 9.96. The summed E-state index contributed by atoms with van der Waals surface area (Å²) in [6.45, 7) is 4.43. The molecule has 0 spiro atoms. The van der Waals surface area contributed by atoms with Crippen LogP contribution in [0.25, 0.3) is 12.2 Å². The molecule has 0 amide bonds. The molecule has 7 heteroatoms. The summed E-state index contributed by atoms with van der Waals surface area (Å²) in [4.78, 5) is 2.18. The fourth-order valence-electron chi connectivity index (χ4n) is 3.68. The summed E-state index contributed by atoms with van der Waals surface area (Å²) in [5.74, 6) is 0.298. The Kier molecular flexibility index (Phi) is 7.54. The van der Waals surface area contributed by atoms with E-state index in [0.717, 1.165) is 11.1 Å². The van der Waals surface area contributed by atoms with Gasteiger partial charge in [0.2, 0.25) is 10.0 Å². The highest BCUT2D eigenvalue weighted by Crippen LogP contribution is 2.34. The highest BCUT2D eigenvalue weighted by atomic mass is 32.2. The Hall–Kier alpha value is -2.19. The molecule has 31 heavy (non-hydrogen) atoms. The predicted molar refractivity (Wildman–Crippen MR) is 124 cm³/mol. The molecule has 0 bridgehead atoms. The zero-order valence-electron chi connectivity index (χ0n) is 18.6. The van der Waals surface area contributed by atoms with Crippen LogP contribution in [0.1, 0.15) is 25.0 Å². The SMILES string of the molecule is C[C@H](CO)N1C[C@H](C)[C@H](CN(C)C)Oc2cc(/C=C/c3ccccc3)ccc2S1(=O)=O. The number of ether oxygens (including phenoxy) is 1. The molecule has 0 unspecified atom stereocenters. The summed E-state index contributed by atoms with van der Waals surface area (Å²) < 4.78 is 34.6. The van der Waals surface area contributed by atoms with E-state index in [1.54, 1.807) is 25.1 Å². The van der Waals surface area contributed by atoms with Crippen molar-refractivity contribution in [1.29, 1.82) is 0 Å². The molecule has 168 valence electrons. The van der Waals surface area contributed by atoms with Crippen LogP contribution in [-0.4, -0.2) is 68.7 Å². The van der Waals surface area contributed by atoms with Crippen LogP contribution in [-0.2, 0) is 10.0 Å². The van der Waals surface area contributed by atoms with Gasteiger partial charge in [0.25, 0.3) is 0 Å². The quantitative estimate of drug-likeness (QED) is 0.693. The van der Waals surface area contributed by atoms with Crippen LogP contribution in [0.15, 0.2) is 53.4 Å². The molecule has 3 rings (SSSR count). The first-order valence-electron chi connectivity index (χ1n) is 10.5. The van der Waals surface area contributed by atoms with Gasteiger partial charge in [-0.3, -0.25) is 0 Å². The normalized spacial score (nSPS) is 22.5. The van der Waals surface area contributed by atoms with Crippen LogP contribution in [0.4, 0.5) is 0 Å². The molecule has 0 fully saturated rings. The van der Waals surface area contributed by atoms with Gasteiger partial charge in [0, 0.05) is 25.0 Å². The number of likely N-dealkylation sites (N-methyl/N-ethyl adjacent to an activating group) is 1. The summed E-state index contributed by atoms with van der Waals surface area (Å²) in [7, 11) is 0.132. The monoisotopic (exact) mass is 444 g/mol. The van der Waals surface area contributed by atoms with Gasteiger partial charge in [0.05, 0.1) is 6.61 Å². The van der Waals surface area contributed by atoms with Gasteiger partial charge in [-0.25, -0.2) is 8.42 Å². The molecule has 0 radical (unpaired) electrons. The van der Waals surface area contributed by atoms with Gasteiger partial charge in [0.15, 0.2) is 0 Å². The maximum absolute atomic E-state index is 13.4. The van der Waals surface area contributed by atoms with Gasteiger partial charge in [-0.05, 0) is 44.3 Å². The van der Waals surface area contributed by atoms with E-state index in [2.05, 4.69) is 0 Å². The average Bonchev–Trinajstić information content (AvgIpc) is 2.74. The van der Waals surface area contributed by atoms with Crippen LogP contribution < -0.4 is 4.74 Å². The van der Waals surface area contributed by atoms with Crippen LogP contribution in [0, 0.1) is 5.92 Å². The Morgan fingerprint density at radius 2 is 1.84 bits per heavy atom. The Labute approximate surface area is 185 Å². The molecule has 1 aliphatic heterocycles. The highest BCUT2D eigenvalue weighted by Gasteiger charge is 2.37. The van der Waals surface area contributed by atoms with Crippen LogP contribution in [0.5, 0.6) is 5.75 Å². The standard InChI is InChI=1S/C24H32N2O4S/c1-18-15-26(19(2)17-27)31(28,29)24-13-12-21(11-10-20-8-6-5-7-9-20)14-22(24)30-23(18)16-25(3)4/h5-14,18-19,23,27H,15-17H2,1-4H3/b11-10+/t18-,19+,23-/m0/s1. The highest BCUT2D eigenvalue weighted by molar-refractivity contribution is 7.89. The lowest BCUT2D eigenvalue weighted by molar-refractivity contribution is 0.0812. The minimum Gasteiger partial charge on any atom is -0.487 e. The van der Waals surface area contributed by atoms with E-state index in [9.17, 15) is 13.5 Å². The van der Waals surface area contributed by atoms with E-state index in [0.29, 0.717) is 12.3 Å². The van der Waals surface area contributed by atoms with Crippen molar-refractivity contribution in [3.8, 4) is 5.75 Å². The first-order valence-corrected chi connectivity index (χ1v) is 12.0. The van der Waals surface area contributed by atoms with Gasteiger partial charge in [-0.2, -0.15) is 4.31 Å². The molecule has 0 aromatic heterocycles. The lowest BCUT2D eigenvalue weighted by Gasteiger charge is -2.37. The molecule has 0 saturated carbocycles. The van der Waals surface area contributed by atoms with E-state index < -0.39 is 16.1 Å². The summed E-state index contributed by atoms with van der Waals surface area (Å²) >= 11 is 0. The number of hydrogen-bond donors (Lipinski definition) is 1. The van der Waals surface area contributed by atoms with Crippen LogP contribution in [0.3, 0.4) is 0 Å². The van der Waals surface area contributed by atoms with Crippen molar-refractivity contribution in [3.05, 3.63) is 59.7 Å². The lowest BCUT2D eigenvalue weighted by Crippen LogP contribution is -2.49. The largest absolute Gasteiger partial charge is 0.487 e. The third-order valence-electron chi connectivity index (χ3n) is 5.50. The maximum Gasteiger partial charge on any atom is 0.247 e. The van der Waals surface area contributed by atoms with E-state index in [4.69, 9.17) is 4.74 Å². The van der Waals surface area contributed by atoms with Crippen molar-refractivity contribution < 1.29 is 18.3 Å². The summed E-state index contributed by atoms with van der Waals surface area (Å²) in [5.41, 5.74) is 1.92. The van der Waals surface area contributed by atoms with Crippen molar-refractivity contribution >= 4 is 22.2 Å². The minimum absolute atomic E-state index is 0.0529. The summed E-state index contributed by atoms with van der Waals surface area (Å²) in [6.07, 6.45) is 3.74. The molecule has 1 N–H and O–H groups in total. The zero-order valence-corrected chi connectivity index (χ0v) is 19.4. The lowest BCUT2D eigenvalue weighted by atomic mass is 10.0. The number of sulfonamides is 1. The van der Waals surface area contributed by atoms with Gasteiger partial charge in [-0.1, -0.05) is 55.5 Å². The number of nitrogens with zero attached hydrogens (tertiary/aromatic N) is 2. The number of aliphatic hydroxyl groups is 1. The first kappa shape index (κ1) is 23.5. The predicted octanol–water partition coefficient (Wildman–Crippen LogP) is 3.19. The Morgan fingerprint density at radius 1 is 1.16 bits per heavy atom. The third-order valence-corrected chi connectivity index (χ3v) is 7.52. The molecule has 0 aliphatic carbocycles. The number of benzene rings is 2. The summed E-state index contributed by atoms with van der Waals surface area (Å²) in [5, 5.41) is 9.69. The van der Waals surface area contributed by atoms with Gasteiger partial charge >= 0.3 is 0 Å². The van der Waals surface area contributed by atoms with Crippen LogP contribution in [0.2, 0.25) is 0 Å². The molecule has 1 heterocycles. The fraction of sp³-hybridized carbons (Fsp3) is 0.417. The van der Waals surface area contributed by atoms with E-state index in [-0.39, 0.29) is 30.1 Å². The van der Waals surface area contributed by atoms with Crippen molar-refractivity contribution in [1.82, 2.24) is 9.21 Å². The average molecular weight is 445 g/mol. The van der Waals surface area contributed by atoms with E-state index in [1.807, 2.05) is 68.4 Å². The fourth-order valence-corrected chi connectivity index (χ4v) is 5.51. The van der Waals surface area contributed by atoms with Crippen LogP contribution >= 0.6 is 0 Å². The second-order valence-electron chi connectivity index (χ2n) is 8.45. The van der Waals surface area contributed by atoms with Gasteiger partial charge < -0.3 is 14.7 Å². The number of fused-ring (bicyclic) bond motifs is 1. The topological polar surface area (TPSA) is 70.1 Å². The van der Waals surface area contributed by atoms with Gasteiger partial charge in [0.1, 0.15) is 16.7 Å². The third kappa shape index (κ3) is 5.54. The number of hydrogen-bond acceptors (Lipinski definition) is 5. The smallest absolute Gasteiger partial charge is 0.247 e. The van der Waals surface area contributed by atoms with E-state index in [1.165, 1.54) is 4.31 Å². The molecule has 6 nitrogen and oxygen atoms in total. The van der Waals surface area contributed by atoms with Crippen molar-refractivity contribution in [2.45, 2.75) is 30.9 Å². The molecule has 3 atom stereocenters. The van der Waals surface area contributed by atoms with Crippen molar-refractivity contribution in [2.24, 2.45) is 5.92 Å². The van der Waals surface area contributed by atoms with E-state index >= 15 is 0 Å². The first-order chi connectivity index (χ1) is 14.7. The molecular weight excluding hydrogens is 412 g/mol. The zero-order chi connectivity index (χ0) is 22.6. The Balaban J connectivity index is 2.05. The minimum atomic E-state index is -3.81. The molecule has 2 aromatic carbocycles.